The fourth-order valence-corrected chi connectivity index (χ4v) is 3.24. The number of oxazole rings is 2. The second-order valence-corrected chi connectivity index (χ2v) is 7.29. The molecule has 2 aromatic carbocycles. The van der Waals surface area contributed by atoms with Crippen LogP contribution in [0.3, 0.4) is 0 Å². The van der Waals surface area contributed by atoms with Crippen molar-refractivity contribution in [3.8, 4) is 0 Å². The van der Waals surface area contributed by atoms with Crippen LogP contribution in [0.15, 0.2) is 51.3 Å². The van der Waals surface area contributed by atoms with Crippen LogP contribution < -0.4 is 10.6 Å². The number of benzene rings is 2. The molecule has 2 aromatic heterocycles. The second-order valence-electron chi connectivity index (χ2n) is 7.29. The van der Waals surface area contributed by atoms with Crippen molar-refractivity contribution in [1.29, 1.82) is 0 Å². The first kappa shape index (κ1) is 21.8. The van der Waals surface area contributed by atoms with E-state index in [0.717, 1.165) is 11.1 Å². The van der Waals surface area contributed by atoms with Crippen molar-refractivity contribution in [3.05, 3.63) is 48.0 Å². The van der Waals surface area contributed by atoms with Crippen molar-refractivity contribution >= 4 is 40.1 Å². The normalized spacial score (nSPS) is 11.5. The molecular weight excluding hydrogens is 414 g/mol. The summed E-state index contributed by atoms with van der Waals surface area (Å²) >= 11 is 0. The summed E-state index contributed by atoms with van der Waals surface area (Å²) in [6.07, 6.45) is 0. The molecule has 0 aliphatic heterocycles. The summed E-state index contributed by atoms with van der Waals surface area (Å²) in [6, 6.07) is 13.8. The van der Waals surface area contributed by atoms with E-state index >= 15 is 0 Å². The minimum absolute atomic E-state index is 0.0269. The van der Waals surface area contributed by atoms with Crippen molar-refractivity contribution in [2.24, 2.45) is 0 Å². The number of fused-ring (bicyclic) bond motifs is 2. The minimum atomic E-state index is -0.0903. The first-order valence-corrected chi connectivity index (χ1v) is 10.3. The van der Waals surface area contributed by atoms with E-state index in [0.29, 0.717) is 48.4 Å². The Hall–Kier alpha value is -3.47. The number of para-hydroxylation sites is 2. The minimum Gasteiger partial charge on any atom is -0.423 e. The number of nitrogens with zero attached hydrogens (tertiary/aromatic N) is 3. The molecule has 0 saturated heterocycles. The van der Waals surface area contributed by atoms with E-state index < -0.39 is 0 Å². The van der Waals surface area contributed by atoms with E-state index in [1.165, 1.54) is 0 Å². The van der Waals surface area contributed by atoms with Crippen LogP contribution in [0.1, 0.15) is 5.56 Å². The first-order chi connectivity index (χ1) is 15.6. The van der Waals surface area contributed by atoms with Crippen molar-refractivity contribution in [2.45, 2.75) is 6.54 Å². The highest BCUT2D eigenvalue weighted by Crippen LogP contribution is 2.25. The van der Waals surface area contributed by atoms with Gasteiger partial charge in [0.05, 0.1) is 26.4 Å². The summed E-state index contributed by atoms with van der Waals surface area (Å²) in [5.74, 6) is -0.0903. The molecule has 0 unspecified atom stereocenters. The SMILES string of the molecule is CN(CC(=O)NCCOCCO)Cc1ccc2oc(Nc3nc4ccccc4o3)nc2c1. The third-order valence-corrected chi connectivity index (χ3v) is 4.63. The third-order valence-electron chi connectivity index (χ3n) is 4.63. The van der Waals surface area contributed by atoms with Gasteiger partial charge in [0.25, 0.3) is 0 Å². The zero-order chi connectivity index (χ0) is 22.3. The molecule has 0 radical (unpaired) electrons. The number of ether oxygens (including phenoxy) is 1. The Labute approximate surface area is 184 Å². The van der Waals surface area contributed by atoms with Crippen LogP contribution in [0.4, 0.5) is 12.0 Å². The van der Waals surface area contributed by atoms with Gasteiger partial charge in [-0.1, -0.05) is 18.2 Å². The van der Waals surface area contributed by atoms with E-state index in [-0.39, 0.29) is 25.7 Å². The van der Waals surface area contributed by atoms with Gasteiger partial charge in [-0.25, -0.2) is 0 Å². The number of carbonyl (C=O) groups excluding carboxylic acids is 1. The van der Waals surface area contributed by atoms with Crippen molar-refractivity contribution < 1.29 is 23.5 Å². The third kappa shape index (κ3) is 5.61. The van der Waals surface area contributed by atoms with Crippen molar-refractivity contribution in [1.82, 2.24) is 20.2 Å². The molecule has 32 heavy (non-hydrogen) atoms. The Morgan fingerprint density at radius 1 is 1.06 bits per heavy atom. The Morgan fingerprint density at radius 3 is 2.59 bits per heavy atom. The zero-order valence-corrected chi connectivity index (χ0v) is 17.7. The van der Waals surface area contributed by atoms with Crippen LogP contribution in [0.2, 0.25) is 0 Å². The Balaban J connectivity index is 1.32. The van der Waals surface area contributed by atoms with Crippen LogP contribution in [0, 0.1) is 0 Å². The first-order valence-electron chi connectivity index (χ1n) is 10.3. The maximum atomic E-state index is 12.0. The van der Waals surface area contributed by atoms with Gasteiger partial charge in [0, 0.05) is 13.1 Å². The predicted molar refractivity (Wildman–Crippen MR) is 119 cm³/mol. The molecule has 0 atom stereocenters. The van der Waals surface area contributed by atoms with Crippen LogP contribution in [-0.2, 0) is 16.1 Å². The van der Waals surface area contributed by atoms with Gasteiger partial charge in [-0.15, -0.1) is 0 Å². The van der Waals surface area contributed by atoms with Crippen LogP contribution in [0.5, 0.6) is 0 Å². The highest BCUT2D eigenvalue weighted by atomic mass is 16.5. The van der Waals surface area contributed by atoms with E-state index in [4.69, 9.17) is 18.7 Å². The molecule has 0 saturated carbocycles. The van der Waals surface area contributed by atoms with Gasteiger partial charge in [0.1, 0.15) is 11.0 Å². The molecule has 10 nitrogen and oxygen atoms in total. The summed E-state index contributed by atoms with van der Waals surface area (Å²) in [5, 5.41) is 14.4. The lowest BCUT2D eigenvalue weighted by molar-refractivity contribution is -0.122. The van der Waals surface area contributed by atoms with Gasteiger partial charge in [0.2, 0.25) is 5.91 Å². The average molecular weight is 439 g/mol. The monoisotopic (exact) mass is 439 g/mol. The number of anilines is 2. The Kier molecular flexibility index (Phi) is 6.95. The van der Waals surface area contributed by atoms with E-state index in [2.05, 4.69) is 20.6 Å². The summed E-state index contributed by atoms with van der Waals surface area (Å²) < 4.78 is 16.5. The molecule has 2 heterocycles. The lowest BCUT2D eigenvalue weighted by Crippen LogP contribution is -2.36. The van der Waals surface area contributed by atoms with E-state index in [1.807, 2.05) is 54.4 Å². The molecular formula is C22H25N5O5. The summed E-state index contributed by atoms with van der Waals surface area (Å²) in [6.45, 7) is 1.85. The summed E-state index contributed by atoms with van der Waals surface area (Å²) in [7, 11) is 1.87. The maximum Gasteiger partial charge on any atom is 0.303 e. The van der Waals surface area contributed by atoms with E-state index in [9.17, 15) is 4.79 Å². The van der Waals surface area contributed by atoms with Gasteiger partial charge in [-0.2, -0.15) is 9.97 Å². The number of aromatic nitrogens is 2. The van der Waals surface area contributed by atoms with E-state index in [1.54, 1.807) is 0 Å². The number of carbonyl (C=O) groups is 1. The Morgan fingerprint density at radius 2 is 1.81 bits per heavy atom. The lowest BCUT2D eigenvalue weighted by Gasteiger charge is -2.16. The molecule has 10 heteroatoms. The van der Waals surface area contributed by atoms with Gasteiger partial charge < -0.3 is 24.0 Å². The smallest absolute Gasteiger partial charge is 0.303 e. The fourth-order valence-electron chi connectivity index (χ4n) is 3.24. The standard InChI is InChI=1S/C22H25N5O5/c1-27(14-20(29)23-8-10-30-11-9-28)13-15-6-7-19-17(12-15)25-22(32-19)26-21-24-16-4-2-3-5-18(16)31-21/h2-7,12,28H,8-11,13-14H2,1H3,(H,23,29)(H,24,25,26). The molecule has 3 N–H and O–H groups in total. The van der Waals surface area contributed by atoms with Gasteiger partial charge in [0.15, 0.2) is 11.2 Å². The fraction of sp³-hybridized carbons (Fsp3) is 0.318. The molecule has 1 amide bonds. The molecule has 0 aliphatic rings. The van der Waals surface area contributed by atoms with Gasteiger partial charge in [-0.05, 0) is 36.9 Å². The molecule has 0 spiro atoms. The topological polar surface area (TPSA) is 126 Å². The highest BCUT2D eigenvalue weighted by Gasteiger charge is 2.12. The van der Waals surface area contributed by atoms with Gasteiger partial charge in [-0.3, -0.25) is 15.0 Å². The molecule has 4 aromatic rings. The van der Waals surface area contributed by atoms with Crippen LogP contribution >= 0.6 is 0 Å². The molecule has 168 valence electrons. The largest absolute Gasteiger partial charge is 0.423 e. The number of amides is 1. The number of nitrogens with one attached hydrogen (secondary N) is 2. The molecule has 4 rings (SSSR count). The predicted octanol–water partition coefficient (Wildman–Crippen LogP) is 2.27. The number of aliphatic hydroxyl groups is 1. The molecule has 0 aliphatic carbocycles. The van der Waals surface area contributed by atoms with Crippen molar-refractivity contribution in [3.63, 3.8) is 0 Å². The lowest BCUT2D eigenvalue weighted by atomic mass is 10.2. The number of rotatable bonds is 11. The number of aliphatic hydroxyl groups excluding tert-OH is 1. The highest BCUT2D eigenvalue weighted by molar-refractivity contribution is 5.78. The quantitative estimate of drug-likeness (QED) is 0.302. The average Bonchev–Trinajstić information content (AvgIpc) is 3.35. The summed E-state index contributed by atoms with van der Waals surface area (Å²) in [4.78, 5) is 22.7. The zero-order valence-electron chi connectivity index (χ0n) is 17.7. The maximum absolute atomic E-state index is 12.0. The number of hydrogen-bond donors (Lipinski definition) is 3. The van der Waals surface area contributed by atoms with Crippen LogP contribution in [0.25, 0.3) is 22.2 Å². The second kappa shape index (κ2) is 10.2. The van der Waals surface area contributed by atoms with Gasteiger partial charge >= 0.3 is 12.0 Å². The summed E-state index contributed by atoms with van der Waals surface area (Å²) in [5.41, 5.74) is 3.76. The van der Waals surface area contributed by atoms with Crippen LogP contribution in [-0.4, -0.2) is 65.8 Å². The molecule has 0 fully saturated rings. The Bertz CT molecular complexity index is 1150. The number of likely N-dealkylation sites (N-methyl/N-ethyl adjacent to an activating group) is 1. The number of hydrogen-bond acceptors (Lipinski definition) is 9. The van der Waals surface area contributed by atoms with Crippen molar-refractivity contribution in [2.75, 3.05) is 45.3 Å². The molecule has 0 bridgehead atoms.